The Labute approximate surface area is 123 Å². The van der Waals surface area contributed by atoms with E-state index in [2.05, 4.69) is 10.2 Å². The number of benzene rings is 1. The number of hydrogen-bond donors (Lipinski definition) is 1. The Balaban J connectivity index is 1.85. The smallest absolute Gasteiger partial charge is 0.141 e. The molecule has 0 bridgehead atoms. The monoisotopic (exact) mass is 291 g/mol. The molecule has 20 heavy (non-hydrogen) atoms. The molecule has 2 heterocycles. The van der Waals surface area contributed by atoms with Crippen molar-refractivity contribution in [3.05, 3.63) is 34.6 Å². The highest BCUT2D eigenvalue weighted by molar-refractivity contribution is 7.99. The topological polar surface area (TPSA) is 39.1 Å². The summed E-state index contributed by atoms with van der Waals surface area (Å²) in [6.07, 6.45) is 0. The number of hydrogen-bond acceptors (Lipinski definition) is 4. The van der Waals surface area contributed by atoms with E-state index in [1.807, 2.05) is 30.8 Å². The van der Waals surface area contributed by atoms with Crippen molar-refractivity contribution >= 4 is 11.8 Å². The third kappa shape index (κ3) is 2.44. The molecule has 0 aliphatic carbocycles. The average Bonchev–Trinajstić information content (AvgIpc) is 2.47. The second-order valence-electron chi connectivity index (χ2n) is 5.42. The second kappa shape index (κ2) is 5.72. The summed E-state index contributed by atoms with van der Waals surface area (Å²) >= 11 is 1.93. The summed E-state index contributed by atoms with van der Waals surface area (Å²) in [6.45, 7) is 6.04. The lowest BCUT2D eigenvalue weighted by molar-refractivity contribution is 0.170. The maximum absolute atomic E-state index is 13.6. The molecule has 0 amide bonds. The third-order valence-corrected chi connectivity index (χ3v) is 5.66. The zero-order valence-electron chi connectivity index (χ0n) is 11.5. The van der Waals surface area contributed by atoms with Gasteiger partial charge in [0, 0.05) is 43.2 Å². The Hall–Kier alpha value is -1.09. The van der Waals surface area contributed by atoms with Gasteiger partial charge in [0.05, 0.1) is 5.56 Å². The molecule has 3 nitrogen and oxygen atoms in total. The van der Waals surface area contributed by atoms with Crippen molar-refractivity contribution in [2.45, 2.75) is 18.2 Å². The van der Waals surface area contributed by atoms with Crippen molar-refractivity contribution in [2.24, 2.45) is 0 Å². The number of nitrogens with one attached hydrogen (secondary N) is 1. The molecule has 0 radical (unpaired) electrons. The van der Waals surface area contributed by atoms with E-state index in [-0.39, 0.29) is 5.56 Å². The minimum absolute atomic E-state index is 0.200. The summed E-state index contributed by atoms with van der Waals surface area (Å²) in [7, 11) is 0. The molecule has 1 aromatic carbocycles. The van der Waals surface area contributed by atoms with Crippen LogP contribution >= 0.6 is 11.8 Å². The predicted molar refractivity (Wildman–Crippen MR) is 79.3 cm³/mol. The van der Waals surface area contributed by atoms with Gasteiger partial charge >= 0.3 is 0 Å². The summed E-state index contributed by atoms with van der Waals surface area (Å²) < 4.78 is 13.6. The number of nitrogens with zero attached hydrogens (tertiary/aromatic N) is 2. The van der Waals surface area contributed by atoms with Crippen molar-refractivity contribution in [3.63, 3.8) is 0 Å². The molecule has 0 saturated carbocycles. The van der Waals surface area contributed by atoms with Crippen molar-refractivity contribution in [3.8, 4) is 6.07 Å². The Morgan fingerprint density at radius 3 is 3.15 bits per heavy atom. The van der Waals surface area contributed by atoms with Gasteiger partial charge < -0.3 is 5.32 Å². The number of halogens is 1. The standard InChI is InChI=1S/C15H18FN3S/c1-10-12(2-3-14(16)13(10)6-17)15-8-19-5-4-18-7-11(19)9-20-15/h2-3,11,15,18H,4-5,7-9H2,1H3/t11-,15+/m0/s1. The van der Waals surface area contributed by atoms with Crippen LogP contribution in [0.25, 0.3) is 0 Å². The van der Waals surface area contributed by atoms with E-state index in [9.17, 15) is 4.39 Å². The first-order chi connectivity index (χ1) is 9.70. The van der Waals surface area contributed by atoms with E-state index in [1.54, 1.807) is 0 Å². The highest BCUT2D eigenvalue weighted by atomic mass is 32.2. The molecule has 2 aliphatic heterocycles. The zero-order valence-corrected chi connectivity index (χ0v) is 12.3. The van der Waals surface area contributed by atoms with Crippen molar-refractivity contribution in [1.29, 1.82) is 5.26 Å². The van der Waals surface area contributed by atoms with Gasteiger partial charge in [-0.05, 0) is 24.1 Å². The molecular weight excluding hydrogens is 273 g/mol. The molecule has 2 atom stereocenters. The van der Waals surface area contributed by atoms with Crippen LogP contribution < -0.4 is 5.32 Å². The lowest BCUT2D eigenvalue weighted by atomic mass is 9.99. The molecule has 0 aromatic heterocycles. The number of fused-ring (bicyclic) bond motifs is 1. The van der Waals surface area contributed by atoms with Gasteiger partial charge in [0.15, 0.2) is 0 Å². The summed E-state index contributed by atoms with van der Waals surface area (Å²) in [5.41, 5.74) is 2.12. The molecule has 3 rings (SSSR count). The first-order valence-electron chi connectivity index (χ1n) is 6.96. The largest absolute Gasteiger partial charge is 0.314 e. The SMILES string of the molecule is Cc1c([C@H]2CN3CCNC[C@H]3CS2)ccc(F)c1C#N. The van der Waals surface area contributed by atoms with Gasteiger partial charge in [-0.15, -0.1) is 0 Å². The van der Waals surface area contributed by atoms with Gasteiger partial charge in [0.25, 0.3) is 0 Å². The number of rotatable bonds is 1. The summed E-state index contributed by atoms with van der Waals surface area (Å²) in [6, 6.07) is 5.89. The minimum atomic E-state index is -0.408. The van der Waals surface area contributed by atoms with Gasteiger partial charge in [-0.2, -0.15) is 17.0 Å². The van der Waals surface area contributed by atoms with Crippen LogP contribution in [0.4, 0.5) is 4.39 Å². The van der Waals surface area contributed by atoms with Crippen LogP contribution in [-0.2, 0) is 0 Å². The van der Waals surface area contributed by atoms with Gasteiger partial charge in [-0.3, -0.25) is 4.90 Å². The fraction of sp³-hybridized carbons (Fsp3) is 0.533. The Morgan fingerprint density at radius 2 is 2.35 bits per heavy atom. The minimum Gasteiger partial charge on any atom is -0.314 e. The molecule has 106 valence electrons. The molecule has 0 spiro atoms. The van der Waals surface area contributed by atoms with Crippen molar-refractivity contribution in [2.75, 3.05) is 31.9 Å². The highest BCUT2D eigenvalue weighted by Gasteiger charge is 2.32. The number of nitriles is 1. The van der Waals surface area contributed by atoms with Gasteiger partial charge in [-0.25, -0.2) is 4.39 Å². The van der Waals surface area contributed by atoms with Crippen LogP contribution in [0, 0.1) is 24.1 Å². The third-order valence-electron chi connectivity index (χ3n) is 4.28. The van der Waals surface area contributed by atoms with Crippen molar-refractivity contribution in [1.82, 2.24) is 10.2 Å². The van der Waals surface area contributed by atoms with E-state index < -0.39 is 5.82 Å². The summed E-state index contributed by atoms with van der Waals surface area (Å²) in [5.74, 6) is 0.686. The zero-order chi connectivity index (χ0) is 14.1. The van der Waals surface area contributed by atoms with E-state index in [0.717, 1.165) is 43.1 Å². The van der Waals surface area contributed by atoms with Crippen LogP contribution in [0.3, 0.4) is 0 Å². The lowest BCUT2D eigenvalue weighted by Crippen LogP contribution is -2.55. The van der Waals surface area contributed by atoms with Crippen LogP contribution in [0.15, 0.2) is 12.1 Å². The second-order valence-corrected chi connectivity index (χ2v) is 6.66. The number of piperazine rings is 1. The molecule has 5 heteroatoms. The number of thioether (sulfide) groups is 1. The van der Waals surface area contributed by atoms with Crippen LogP contribution in [-0.4, -0.2) is 42.9 Å². The maximum Gasteiger partial charge on any atom is 0.141 e. The molecule has 1 aromatic rings. The normalized spacial score (nSPS) is 26.9. The highest BCUT2D eigenvalue weighted by Crippen LogP contribution is 2.38. The fourth-order valence-corrected chi connectivity index (χ4v) is 4.58. The summed E-state index contributed by atoms with van der Waals surface area (Å²) in [5, 5.41) is 12.9. The lowest BCUT2D eigenvalue weighted by Gasteiger charge is -2.42. The van der Waals surface area contributed by atoms with E-state index in [4.69, 9.17) is 5.26 Å². The average molecular weight is 291 g/mol. The first kappa shape index (κ1) is 13.9. The van der Waals surface area contributed by atoms with Gasteiger partial charge in [0.1, 0.15) is 11.9 Å². The maximum atomic E-state index is 13.6. The Bertz CT molecular complexity index is 555. The molecule has 2 aliphatic rings. The Morgan fingerprint density at radius 1 is 1.50 bits per heavy atom. The molecular formula is C15H18FN3S. The molecule has 2 saturated heterocycles. The fourth-order valence-electron chi connectivity index (χ4n) is 3.07. The predicted octanol–water partition coefficient (Wildman–Crippen LogP) is 2.07. The van der Waals surface area contributed by atoms with Crippen LogP contribution in [0.1, 0.15) is 21.9 Å². The van der Waals surface area contributed by atoms with Crippen molar-refractivity contribution < 1.29 is 4.39 Å². The summed E-state index contributed by atoms with van der Waals surface area (Å²) in [4.78, 5) is 2.52. The van der Waals surface area contributed by atoms with Crippen LogP contribution in [0.2, 0.25) is 0 Å². The quantitative estimate of drug-likeness (QED) is 0.860. The molecule has 1 N–H and O–H groups in total. The Kier molecular flexibility index (Phi) is 3.97. The van der Waals surface area contributed by atoms with E-state index in [1.165, 1.54) is 6.07 Å². The van der Waals surface area contributed by atoms with E-state index in [0.29, 0.717) is 11.3 Å². The van der Waals surface area contributed by atoms with E-state index >= 15 is 0 Å². The molecule has 0 unspecified atom stereocenters. The van der Waals surface area contributed by atoms with Gasteiger partial charge in [-0.1, -0.05) is 6.07 Å². The van der Waals surface area contributed by atoms with Gasteiger partial charge in [0.2, 0.25) is 0 Å². The first-order valence-corrected chi connectivity index (χ1v) is 8.01. The van der Waals surface area contributed by atoms with Crippen LogP contribution in [0.5, 0.6) is 0 Å². The molecule has 2 fully saturated rings.